The van der Waals surface area contributed by atoms with Crippen LogP contribution in [0.2, 0.25) is 0 Å². The van der Waals surface area contributed by atoms with Gasteiger partial charge in [0.15, 0.2) is 0 Å². The van der Waals surface area contributed by atoms with E-state index >= 15 is 0 Å². The van der Waals surface area contributed by atoms with Crippen molar-refractivity contribution in [1.29, 1.82) is 0 Å². The Balaban J connectivity index is 1.29. The minimum absolute atomic E-state index is 0.148. The van der Waals surface area contributed by atoms with Crippen LogP contribution in [0, 0.1) is 3.70 Å². The molecule has 9 heteroatoms. The zero-order valence-electron chi connectivity index (χ0n) is 21.3. The first-order chi connectivity index (χ1) is 16.0. The second-order valence-corrected chi connectivity index (χ2v) is 12.2. The Morgan fingerprint density at radius 2 is 1.62 bits per heavy atom. The molecular weight excluding hydrogens is 545 g/mol. The number of fused-ring (bicyclic) bond motifs is 1. The Bertz CT molecular complexity index is 895. The molecule has 0 aromatic carbocycles. The second kappa shape index (κ2) is 10.3. The van der Waals surface area contributed by atoms with Gasteiger partial charge in [0.25, 0.3) is 0 Å². The largest absolute Gasteiger partial charge is 0.444 e. The first kappa shape index (κ1) is 25.7. The van der Waals surface area contributed by atoms with E-state index in [0.717, 1.165) is 55.4 Å². The van der Waals surface area contributed by atoms with Crippen molar-refractivity contribution in [2.75, 3.05) is 26.7 Å². The van der Waals surface area contributed by atoms with Gasteiger partial charge < -0.3 is 19.4 Å². The van der Waals surface area contributed by atoms with E-state index in [9.17, 15) is 9.59 Å². The van der Waals surface area contributed by atoms with Gasteiger partial charge in [-0.25, -0.2) is 4.79 Å². The number of carbonyl (C=O) groups excluding carboxylic acids is 2. The van der Waals surface area contributed by atoms with Gasteiger partial charge in [-0.2, -0.15) is 5.10 Å². The molecule has 2 fully saturated rings. The fraction of sp³-hybridized carbons (Fsp3) is 0.800. The normalized spacial score (nSPS) is 24.3. The molecule has 4 rings (SSSR count). The first-order valence-corrected chi connectivity index (χ1v) is 13.8. The molecule has 1 aromatic rings. The highest BCUT2D eigenvalue weighted by molar-refractivity contribution is 14.1. The molecule has 2 aliphatic heterocycles. The number of piperidine rings is 1. The van der Waals surface area contributed by atoms with Crippen LogP contribution in [0.4, 0.5) is 4.79 Å². The van der Waals surface area contributed by atoms with Crippen molar-refractivity contribution in [3.05, 3.63) is 15.0 Å². The van der Waals surface area contributed by atoms with E-state index in [1.807, 2.05) is 30.6 Å². The van der Waals surface area contributed by atoms with Gasteiger partial charge in [-0.1, -0.05) is 0 Å². The van der Waals surface area contributed by atoms with E-state index in [1.54, 1.807) is 6.92 Å². The van der Waals surface area contributed by atoms with E-state index in [1.165, 1.54) is 24.1 Å². The molecule has 1 aliphatic carbocycles. The maximum atomic E-state index is 12.4. The zero-order valence-corrected chi connectivity index (χ0v) is 23.5. The van der Waals surface area contributed by atoms with Gasteiger partial charge in [0.2, 0.25) is 5.91 Å². The molecule has 0 radical (unpaired) electrons. The summed E-state index contributed by atoms with van der Waals surface area (Å²) in [5.41, 5.74) is 2.15. The average Bonchev–Trinajstić information content (AvgIpc) is 3.13. The molecule has 3 aliphatic rings. The lowest BCUT2D eigenvalue weighted by molar-refractivity contribution is -0.129. The molecule has 1 saturated heterocycles. The Morgan fingerprint density at radius 1 is 1.00 bits per heavy atom. The summed E-state index contributed by atoms with van der Waals surface area (Å²) in [5.74, 6) is 0.148. The molecular formula is C25H40IN5O3. The molecule has 3 heterocycles. The minimum atomic E-state index is -0.442. The standard InChI is InChI=1S/C25H40IN5O3/c1-17(32)30-15-12-22-21(16-30)23(26)27-31(22)20-8-6-18(7-9-20)28(5)19-10-13-29(14-11-19)24(33)34-25(2,3)4/h18-20H,6-16H2,1-5H3. The van der Waals surface area contributed by atoms with Crippen molar-refractivity contribution >= 4 is 34.6 Å². The van der Waals surface area contributed by atoms with Crippen LogP contribution in [0.5, 0.6) is 0 Å². The van der Waals surface area contributed by atoms with Crippen LogP contribution < -0.4 is 0 Å². The first-order valence-electron chi connectivity index (χ1n) is 12.7. The lowest BCUT2D eigenvalue weighted by Crippen LogP contribution is -2.50. The average molecular weight is 586 g/mol. The van der Waals surface area contributed by atoms with Crippen LogP contribution >= 0.6 is 22.6 Å². The lowest BCUT2D eigenvalue weighted by atomic mass is 9.88. The molecule has 0 N–H and O–H groups in total. The highest BCUT2D eigenvalue weighted by Gasteiger charge is 2.34. The molecule has 1 saturated carbocycles. The maximum Gasteiger partial charge on any atom is 0.410 e. The number of amides is 2. The molecule has 190 valence electrons. The summed E-state index contributed by atoms with van der Waals surface area (Å²) >= 11 is 2.34. The van der Waals surface area contributed by atoms with Crippen molar-refractivity contribution in [3.63, 3.8) is 0 Å². The van der Waals surface area contributed by atoms with E-state index < -0.39 is 5.60 Å². The lowest BCUT2D eigenvalue weighted by Gasteiger charge is -2.43. The van der Waals surface area contributed by atoms with Gasteiger partial charge >= 0.3 is 6.09 Å². The molecule has 0 unspecified atom stereocenters. The fourth-order valence-corrected chi connectivity index (χ4v) is 6.48. The molecule has 0 spiro atoms. The van der Waals surface area contributed by atoms with Crippen LogP contribution in [0.1, 0.15) is 83.5 Å². The number of aromatic nitrogens is 2. The molecule has 0 atom stereocenters. The summed E-state index contributed by atoms with van der Waals surface area (Å²) in [6, 6.07) is 1.57. The summed E-state index contributed by atoms with van der Waals surface area (Å²) in [4.78, 5) is 30.6. The highest BCUT2D eigenvalue weighted by Crippen LogP contribution is 2.35. The third-order valence-electron chi connectivity index (χ3n) is 7.76. The predicted molar refractivity (Wildman–Crippen MR) is 140 cm³/mol. The SMILES string of the molecule is CC(=O)N1CCc2c(c(I)nn2C2CCC(N(C)C3CCN(C(=O)OC(C)(C)C)CC3)CC2)C1. The molecule has 2 amide bonds. The van der Waals surface area contributed by atoms with Gasteiger partial charge in [-0.15, -0.1) is 0 Å². The second-order valence-electron chi connectivity index (χ2n) is 11.2. The van der Waals surface area contributed by atoms with Crippen LogP contribution in [0.15, 0.2) is 0 Å². The van der Waals surface area contributed by atoms with Gasteiger partial charge in [0.1, 0.15) is 9.30 Å². The number of hydrogen-bond acceptors (Lipinski definition) is 5. The third kappa shape index (κ3) is 5.71. The van der Waals surface area contributed by atoms with Gasteiger partial charge in [0.05, 0.1) is 12.6 Å². The van der Waals surface area contributed by atoms with Crippen molar-refractivity contribution in [3.8, 4) is 0 Å². The Labute approximate surface area is 217 Å². The summed E-state index contributed by atoms with van der Waals surface area (Å²) < 4.78 is 8.89. The van der Waals surface area contributed by atoms with Crippen molar-refractivity contribution in [2.45, 2.75) is 103 Å². The summed E-state index contributed by atoms with van der Waals surface area (Å²) in [6.07, 6.45) is 7.38. The third-order valence-corrected chi connectivity index (χ3v) is 8.63. The maximum absolute atomic E-state index is 12.4. The summed E-state index contributed by atoms with van der Waals surface area (Å²) in [6.45, 7) is 10.4. The van der Waals surface area contributed by atoms with E-state index in [2.05, 4.69) is 39.2 Å². The van der Waals surface area contributed by atoms with Gasteiger partial charge in [-0.05, 0) is 88.9 Å². The van der Waals surface area contributed by atoms with Gasteiger partial charge in [0, 0.05) is 56.3 Å². The van der Waals surface area contributed by atoms with Crippen molar-refractivity contribution in [1.82, 2.24) is 24.5 Å². The number of likely N-dealkylation sites (tertiary alicyclic amines) is 1. The van der Waals surface area contributed by atoms with Crippen molar-refractivity contribution in [2.24, 2.45) is 0 Å². The Morgan fingerprint density at radius 3 is 2.21 bits per heavy atom. The number of carbonyl (C=O) groups is 2. The van der Waals surface area contributed by atoms with Crippen LogP contribution in [0.25, 0.3) is 0 Å². The number of nitrogens with zero attached hydrogens (tertiary/aromatic N) is 5. The zero-order chi connectivity index (χ0) is 24.6. The molecule has 1 aromatic heterocycles. The summed E-state index contributed by atoms with van der Waals surface area (Å²) in [5, 5.41) is 4.92. The predicted octanol–water partition coefficient (Wildman–Crippen LogP) is 4.21. The van der Waals surface area contributed by atoms with Crippen LogP contribution in [0.3, 0.4) is 0 Å². The number of ether oxygens (including phenoxy) is 1. The molecule has 34 heavy (non-hydrogen) atoms. The van der Waals surface area contributed by atoms with E-state index in [4.69, 9.17) is 9.84 Å². The quantitative estimate of drug-likeness (QED) is 0.498. The monoisotopic (exact) mass is 585 g/mol. The molecule has 8 nitrogen and oxygen atoms in total. The topological polar surface area (TPSA) is 70.9 Å². The number of rotatable bonds is 3. The van der Waals surface area contributed by atoms with Crippen molar-refractivity contribution < 1.29 is 14.3 Å². The van der Waals surface area contributed by atoms with E-state index in [-0.39, 0.29) is 12.0 Å². The van der Waals surface area contributed by atoms with Crippen LogP contribution in [-0.4, -0.2) is 80.8 Å². The van der Waals surface area contributed by atoms with E-state index in [0.29, 0.717) is 24.7 Å². The number of halogens is 1. The van der Waals surface area contributed by atoms with Gasteiger partial charge in [-0.3, -0.25) is 9.48 Å². The smallest absolute Gasteiger partial charge is 0.410 e. The highest BCUT2D eigenvalue weighted by atomic mass is 127. The number of hydrogen-bond donors (Lipinski definition) is 0. The Hall–Kier alpha value is -1.36. The fourth-order valence-electron chi connectivity index (χ4n) is 5.77. The summed E-state index contributed by atoms with van der Waals surface area (Å²) in [7, 11) is 2.27. The van der Waals surface area contributed by atoms with Crippen LogP contribution in [-0.2, 0) is 22.5 Å². The minimum Gasteiger partial charge on any atom is -0.444 e. The molecule has 0 bridgehead atoms. The Kier molecular flexibility index (Phi) is 7.81.